The Morgan fingerprint density at radius 2 is 1.88 bits per heavy atom. The number of amides is 2. The van der Waals surface area contributed by atoms with Crippen molar-refractivity contribution < 1.29 is 23.7 Å². The first-order valence-corrected chi connectivity index (χ1v) is 9.03. The van der Waals surface area contributed by atoms with E-state index in [2.05, 4.69) is 10.2 Å². The van der Waals surface area contributed by atoms with Crippen LogP contribution in [0.4, 0.5) is 10.5 Å². The summed E-state index contributed by atoms with van der Waals surface area (Å²) in [5.41, 5.74) is 0.706. The fourth-order valence-electron chi connectivity index (χ4n) is 3.67. The fourth-order valence-corrected chi connectivity index (χ4v) is 3.67. The van der Waals surface area contributed by atoms with Crippen LogP contribution in [0.5, 0.6) is 11.5 Å². The molecule has 142 valence electrons. The molecule has 0 saturated carbocycles. The van der Waals surface area contributed by atoms with Gasteiger partial charge >= 0.3 is 6.03 Å². The largest absolute Gasteiger partial charge is 0.486 e. The molecular formula is C18H25N3O5. The number of morpholine rings is 2. The lowest BCUT2D eigenvalue weighted by Gasteiger charge is -2.45. The Kier molecular flexibility index (Phi) is 5.14. The quantitative estimate of drug-likeness (QED) is 0.861. The van der Waals surface area contributed by atoms with Gasteiger partial charge in [-0.05, 0) is 12.1 Å². The Labute approximate surface area is 152 Å². The lowest BCUT2D eigenvalue weighted by Crippen LogP contribution is -2.61. The van der Waals surface area contributed by atoms with Crippen molar-refractivity contribution in [3.05, 3.63) is 18.2 Å². The molecule has 2 fully saturated rings. The summed E-state index contributed by atoms with van der Waals surface area (Å²) in [4.78, 5) is 16.9. The van der Waals surface area contributed by atoms with Gasteiger partial charge in [0, 0.05) is 51.6 Å². The maximum atomic E-state index is 12.7. The minimum absolute atomic E-state index is 0.0466. The number of rotatable bonds is 4. The molecule has 4 rings (SSSR count). The summed E-state index contributed by atoms with van der Waals surface area (Å²) in [7, 11) is 1.71. The molecule has 26 heavy (non-hydrogen) atoms. The lowest BCUT2D eigenvalue weighted by molar-refractivity contribution is -0.129. The fraction of sp³-hybridized carbons (Fsp3) is 0.611. The third-order valence-corrected chi connectivity index (χ3v) is 4.85. The first kappa shape index (κ1) is 17.4. The molecule has 1 aromatic rings. The topological polar surface area (TPSA) is 72.5 Å². The molecule has 2 amide bonds. The Morgan fingerprint density at radius 1 is 1.15 bits per heavy atom. The summed E-state index contributed by atoms with van der Waals surface area (Å²) in [6, 6.07) is 5.36. The van der Waals surface area contributed by atoms with Crippen molar-refractivity contribution in [1.29, 1.82) is 0 Å². The van der Waals surface area contributed by atoms with Gasteiger partial charge < -0.3 is 29.2 Å². The molecule has 3 aliphatic rings. The molecule has 0 spiro atoms. The Bertz CT molecular complexity index is 642. The Balaban J connectivity index is 1.35. The van der Waals surface area contributed by atoms with Gasteiger partial charge in [0.1, 0.15) is 13.2 Å². The van der Waals surface area contributed by atoms with Gasteiger partial charge in [0.15, 0.2) is 11.5 Å². The molecule has 0 aromatic heterocycles. The van der Waals surface area contributed by atoms with Crippen LogP contribution in [-0.4, -0.2) is 87.7 Å². The predicted molar refractivity (Wildman–Crippen MR) is 95.0 cm³/mol. The maximum absolute atomic E-state index is 12.7. The van der Waals surface area contributed by atoms with Crippen molar-refractivity contribution in [2.24, 2.45) is 0 Å². The molecule has 2 bridgehead atoms. The van der Waals surface area contributed by atoms with Crippen LogP contribution >= 0.6 is 0 Å². The van der Waals surface area contributed by atoms with E-state index in [1.807, 2.05) is 17.0 Å². The van der Waals surface area contributed by atoms with Crippen molar-refractivity contribution in [3.63, 3.8) is 0 Å². The number of nitrogens with zero attached hydrogens (tertiary/aromatic N) is 2. The van der Waals surface area contributed by atoms with Crippen molar-refractivity contribution in [2.45, 2.75) is 12.2 Å². The number of fused-ring (bicyclic) bond motifs is 3. The van der Waals surface area contributed by atoms with Gasteiger partial charge in [-0.3, -0.25) is 4.90 Å². The molecule has 1 N–H and O–H groups in total. The number of benzene rings is 1. The van der Waals surface area contributed by atoms with Gasteiger partial charge in [-0.15, -0.1) is 0 Å². The van der Waals surface area contributed by atoms with Crippen LogP contribution in [0.2, 0.25) is 0 Å². The van der Waals surface area contributed by atoms with E-state index in [0.29, 0.717) is 50.1 Å². The zero-order valence-corrected chi connectivity index (χ0v) is 15.0. The number of hydrogen-bond donors (Lipinski definition) is 1. The molecule has 0 aliphatic carbocycles. The van der Waals surface area contributed by atoms with E-state index in [9.17, 15) is 4.79 Å². The monoisotopic (exact) mass is 363 g/mol. The highest BCUT2D eigenvalue weighted by atomic mass is 16.6. The van der Waals surface area contributed by atoms with Crippen molar-refractivity contribution >= 4 is 11.7 Å². The standard InChI is InChI=1S/C18H25N3O5/c1-23-5-4-20-9-14-11-21(12-15(10-20)26-14)18(22)19-13-2-3-16-17(8-13)25-7-6-24-16/h2-3,8,14-15H,4-7,9-12H2,1H3,(H,19,22)/t14-,15+. The first-order valence-electron chi connectivity index (χ1n) is 9.03. The number of carbonyl (C=O) groups excluding carboxylic acids is 1. The predicted octanol–water partition coefficient (Wildman–Crippen LogP) is 1.02. The highest BCUT2D eigenvalue weighted by molar-refractivity contribution is 5.89. The zero-order chi connectivity index (χ0) is 17.9. The van der Waals surface area contributed by atoms with E-state index in [4.69, 9.17) is 18.9 Å². The van der Waals surface area contributed by atoms with E-state index in [1.54, 1.807) is 13.2 Å². The number of carbonyl (C=O) groups is 1. The molecule has 3 aliphatic heterocycles. The number of hydrogen-bond acceptors (Lipinski definition) is 6. The third kappa shape index (κ3) is 3.87. The third-order valence-electron chi connectivity index (χ3n) is 4.85. The molecule has 2 atom stereocenters. The van der Waals surface area contributed by atoms with Crippen molar-refractivity contribution in [3.8, 4) is 11.5 Å². The normalized spacial score (nSPS) is 25.0. The Morgan fingerprint density at radius 3 is 2.62 bits per heavy atom. The molecule has 3 heterocycles. The van der Waals surface area contributed by atoms with Crippen LogP contribution in [0, 0.1) is 0 Å². The van der Waals surface area contributed by atoms with Crippen LogP contribution in [0.1, 0.15) is 0 Å². The molecule has 8 nitrogen and oxygen atoms in total. The summed E-state index contributed by atoms with van der Waals surface area (Å²) in [5, 5.41) is 2.96. The van der Waals surface area contributed by atoms with Crippen LogP contribution < -0.4 is 14.8 Å². The van der Waals surface area contributed by atoms with Crippen LogP contribution in [0.25, 0.3) is 0 Å². The highest BCUT2D eigenvalue weighted by Gasteiger charge is 2.36. The average molecular weight is 363 g/mol. The minimum Gasteiger partial charge on any atom is -0.486 e. The second-order valence-electron chi connectivity index (χ2n) is 6.83. The zero-order valence-electron chi connectivity index (χ0n) is 15.0. The van der Waals surface area contributed by atoms with Gasteiger partial charge in [-0.25, -0.2) is 4.79 Å². The van der Waals surface area contributed by atoms with Crippen LogP contribution in [-0.2, 0) is 9.47 Å². The number of methoxy groups -OCH3 is 1. The number of nitrogens with one attached hydrogen (secondary N) is 1. The number of anilines is 1. The molecule has 0 unspecified atom stereocenters. The highest BCUT2D eigenvalue weighted by Crippen LogP contribution is 2.32. The van der Waals surface area contributed by atoms with E-state index in [0.717, 1.165) is 19.6 Å². The first-order chi connectivity index (χ1) is 12.7. The smallest absolute Gasteiger partial charge is 0.322 e. The summed E-state index contributed by atoms with van der Waals surface area (Å²) in [5.74, 6) is 1.38. The van der Waals surface area contributed by atoms with E-state index >= 15 is 0 Å². The van der Waals surface area contributed by atoms with Gasteiger partial charge in [0.25, 0.3) is 0 Å². The molecule has 8 heteroatoms. The number of ether oxygens (including phenoxy) is 4. The summed E-state index contributed by atoms with van der Waals surface area (Å²) >= 11 is 0. The lowest BCUT2D eigenvalue weighted by atomic mass is 10.1. The van der Waals surface area contributed by atoms with E-state index < -0.39 is 0 Å². The molecular weight excluding hydrogens is 338 g/mol. The minimum atomic E-state index is -0.106. The Hall–Kier alpha value is -2.03. The molecule has 2 saturated heterocycles. The van der Waals surface area contributed by atoms with Crippen molar-refractivity contribution in [1.82, 2.24) is 9.80 Å². The SMILES string of the molecule is COCCN1C[C@@H]2CN(C(=O)Nc3ccc4c(c3)OCCO4)C[C@H](C1)O2. The van der Waals surface area contributed by atoms with Crippen LogP contribution in [0.3, 0.4) is 0 Å². The van der Waals surface area contributed by atoms with Gasteiger partial charge in [-0.2, -0.15) is 0 Å². The molecule has 0 radical (unpaired) electrons. The summed E-state index contributed by atoms with van der Waals surface area (Å²) in [6.07, 6.45) is 0.0933. The summed E-state index contributed by atoms with van der Waals surface area (Å²) < 4.78 is 22.2. The van der Waals surface area contributed by atoms with Gasteiger partial charge in [0.2, 0.25) is 0 Å². The molecule has 1 aromatic carbocycles. The number of urea groups is 1. The average Bonchev–Trinajstić information content (AvgIpc) is 2.65. The van der Waals surface area contributed by atoms with E-state index in [-0.39, 0.29) is 18.2 Å². The van der Waals surface area contributed by atoms with Crippen molar-refractivity contribution in [2.75, 3.05) is 65.0 Å². The van der Waals surface area contributed by atoms with E-state index in [1.165, 1.54) is 0 Å². The maximum Gasteiger partial charge on any atom is 0.322 e. The van der Waals surface area contributed by atoms with Gasteiger partial charge in [0.05, 0.1) is 18.8 Å². The second-order valence-corrected chi connectivity index (χ2v) is 6.83. The van der Waals surface area contributed by atoms with Crippen LogP contribution in [0.15, 0.2) is 18.2 Å². The second kappa shape index (κ2) is 7.69. The van der Waals surface area contributed by atoms with Gasteiger partial charge in [-0.1, -0.05) is 0 Å². The summed E-state index contributed by atoms with van der Waals surface area (Å²) in [6.45, 7) is 5.53.